The fraction of sp³-hybridized carbons (Fsp3) is 0.167. The molecule has 0 radical (unpaired) electrons. The highest BCUT2D eigenvalue weighted by atomic mass is 32.2. The molecule has 1 unspecified atom stereocenters. The molecule has 0 saturated carbocycles. The van der Waals surface area contributed by atoms with Gasteiger partial charge in [0.25, 0.3) is 0 Å². The number of rotatable bonds is 3. The van der Waals surface area contributed by atoms with Gasteiger partial charge in [-0.3, -0.25) is 0 Å². The van der Waals surface area contributed by atoms with Gasteiger partial charge in [-0.25, -0.2) is 8.42 Å². The first-order chi connectivity index (χ1) is 13.5. The lowest BCUT2D eigenvalue weighted by Crippen LogP contribution is -2.14. The number of hydrogen-bond acceptors (Lipinski definition) is 2. The molecule has 3 nitrogen and oxygen atoms in total. The minimum absolute atomic E-state index is 0.261. The van der Waals surface area contributed by atoms with Gasteiger partial charge in [-0.05, 0) is 43.7 Å². The molecule has 1 aliphatic heterocycles. The van der Waals surface area contributed by atoms with E-state index in [0.29, 0.717) is 4.90 Å². The van der Waals surface area contributed by atoms with E-state index in [9.17, 15) is 8.42 Å². The van der Waals surface area contributed by atoms with Gasteiger partial charge in [-0.2, -0.15) is 4.31 Å². The first-order valence-electron chi connectivity index (χ1n) is 9.20. The van der Waals surface area contributed by atoms with E-state index >= 15 is 0 Å². The summed E-state index contributed by atoms with van der Waals surface area (Å²) in [6.07, 6.45) is 0. The number of benzene rings is 3. The van der Waals surface area contributed by atoms with Crippen molar-refractivity contribution in [3.05, 3.63) is 101 Å². The zero-order valence-electron chi connectivity index (χ0n) is 15.8. The summed E-state index contributed by atoms with van der Waals surface area (Å²) in [6, 6.07) is 24.0. The molecule has 4 rings (SSSR count). The normalized spacial score (nSPS) is 20.9. The predicted molar refractivity (Wildman–Crippen MR) is 111 cm³/mol. The van der Waals surface area contributed by atoms with Crippen molar-refractivity contribution in [1.82, 2.24) is 4.31 Å². The van der Waals surface area contributed by atoms with Crippen molar-refractivity contribution < 1.29 is 8.42 Å². The van der Waals surface area contributed by atoms with E-state index in [1.807, 2.05) is 80.6 Å². The van der Waals surface area contributed by atoms with Gasteiger partial charge in [-0.1, -0.05) is 77.6 Å². The molecule has 0 N–H and O–H groups in total. The van der Waals surface area contributed by atoms with Gasteiger partial charge in [0.2, 0.25) is 10.0 Å². The summed E-state index contributed by atoms with van der Waals surface area (Å²) in [5.41, 5.74) is 4.02. The third-order valence-corrected chi connectivity index (χ3v) is 6.79. The molecule has 0 spiro atoms. The van der Waals surface area contributed by atoms with Crippen LogP contribution in [-0.4, -0.2) is 18.8 Å². The largest absolute Gasteiger partial charge is 0.244 e. The van der Waals surface area contributed by atoms with Crippen molar-refractivity contribution in [2.24, 2.45) is 0 Å². The predicted octanol–water partition coefficient (Wildman–Crippen LogP) is 4.47. The zero-order chi connectivity index (χ0) is 19.7. The quantitative estimate of drug-likeness (QED) is 0.491. The van der Waals surface area contributed by atoms with E-state index in [1.54, 1.807) is 12.1 Å². The second-order valence-electron chi connectivity index (χ2n) is 7.08. The molecule has 140 valence electrons. The van der Waals surface area contributed by atoms with Crippen LogP contribution in [0.4, 0.5) is 0 Å². The van der Waals surface area contributed by atoms with Gasteiger partial charge in [0, 0.05) is 5.56 Å². The lowest BCUT2D eigenvalue weighted by atomic mass is 10.1. The van der Waals surface area contributed by atoms with Gasteiger partial charge >= 0.3 is 0 Å². The van der Waals surface area contributed by atoms with E-state index < -0.39 is 10.0 Å². The second-order valence-corrected chi connectivity index (χ2v) is 8.93. The van der Waals surface area contributed by atoms with Gasteiger partial charge < -0.3 is 0 Å². The molecule has 0 bridgehead atoms. The molecule has 0 aliphatic carbocycles. The summed E-state index contributed by atoms with van der Waals surface area (Å²) < 4.78 is 28.0. The van der Waals surface area contributed by atoms with E-state index in [-0.39, 0.29) is 12.1 Å². The van der Waals surface area contributed by atoms with E-state index in [1.165, 1.54) is 4.31 Å². The first kappa shape index (κ1) is 18.5. The Balaban J connectivity index is 1.71. The van der Waals surface area contributed by atoms with E-state index in [0.717, 1.165) is 22.3 Å². The lowest BCUT2D eigenvalue weighted by Gasteiger charge is -2.07. The van der Waals surface area contributed by atoms with Crippen molar-refractivity contribution in [1.29, 1.82) is 0 Å². The molecule has 1 fully saturated rings. The fourth-order valence-corrected chi connectivity index (χ4v) is 4.93. The SMILES string of the molecule is Cc1ccc([C@@H]2[C@H](C#Cc3ccccc3)N2S(=O)(=O)c2ccc(C)cc2)cc1. The second kappa shape index (κ2) is 7.27. The number of nitrogens with zero attached hydrogens (tertiary/aromatic N) is 1. The van der Waals surface area contributed by atoms with Crippen LogP contribution in [0.1, 0.15) is 28.3 Å². The van der Waals surface area contributed by atoms with Crippen molar-refractivity contribution in [2.45, 2.75) is 30.8 Å². The fourth-order valence-electron chi connectivity index (χ4n) is 3.26. The highest BCUT2D eigenvalue weighted by molar-refractivity contribution is 7.89. The Morgan fingerprint density at radius 1 is 0.786 bits per heavy atom. The third-order valence-electron chi connectivity index (χ3n) is 4.91. The molecule has 3 atom stereocenters. The molecule has 1 saturated heterocycles. The molecule has 1 heterocycles. The first-order valence-corrected chi connectivity index (χ1v) is 10.6. The highest BCUT2D eigenvalue weighted by Gasteiger charge is 2.55. The van der Waals surface area contributed by atoms with Crippen LogP contribution in [0.2, 0.25) is 0 Å². The Hall–Kier alpha value is -2.87. The molecule has 3 aromatic rings. The third kappa shape index (κ3) is 3.60. The van der Waals surface area contributed by atoms with Crippen LogP contribution in [-0.2, 0) is 10.0 Å². The van der Waals surface area contributed by atoms with Crippen LogP contribution in [0.15, 0.2) is 83.8 Å². The number of aryl methyl sites for hydroxylation is 2. The van der Waals surface area contributed by atoms with Gasteiger partial charge in [0.05, 0.1) is 10.9 Å². The Morgan fingerprint density at radius 2 is 1.36 bits per heavy atom. The van der Waals surface area contributed by atoms with Crippen molar-refractivity contribution >= 4 is 10.0 Å². The lowest BCUT2D eigenvalue weighted by molar-refractivity contribution is 0.551. The average molecular weight is 388 g/mol. The Kier molecular flexibility index (Phi) is 4.80. The van der Waals surface area contributed by atoms with Gasteiger partial charge in [-0.15, -0.1) is 0 Å². The molecule has 0 aromatic heterocycles. The summed E-state index contributed by atoms with van der Waals surface area (Å²) in [5, 5.41) is 0. The molecule has 4 heteroatoms. The summed E-state index contributed by atoms with van der Waals surface area (Å²) in [5.74, 6) is 6.29. The summed E-state index contributed by atoms with van der Waals surface area (Å²) in [6.45, 7) is 3.96. The summed E-state index contributed by atoms with van der Waals surface area (Å²) >= 11 is 0. The monoisotopic (exact) mass is 387 g/mol. The molecule has 3 aromatic carbocycles. The molecular weight excluding hydrogens is 366 g/mol. The zero-order valence-corrected chi connectivity index (χ0v) is 16.6. The highest BCUT2D eigenvalue weighted by Crippen LogP contribution is 2.47. The van der Waals surface area contributed by atoms with Crippen molar-refractivity contribution in [3.8, 4) is 11.8 Å². The minimum Gasteiger partial charge on any atom is -0.207 e. The maximum absolute atomic E-state index is 13.2. The smallest absolute Gasteiger partial charge is 0.207 e. The van der Waals surface area contributed by atoms with Crippen LogP contribution < -0.4 is 0 Å². The summed E-state index contributed by atoms with van der Waals surface area (Å²) in [7, 11) is -3.61. The van der Waals surface area contributed by atoms with Crippen LogP contribution >= 0.6 is 0 Å². The van der Waals surface area contributed by atoms with Crippen LogP contribution in [0.25, 0.3) is 0 Å². The van der Waals surface area contributed by atoms with Crippen LogP contribution in [0.3, 0.4) is 0 Å². The maximum atomic E-state index is 13.2. The molecule has 0 amide bonds. The van der Waals surface area contributed by atoms with E-state index in [2.05, 4.69) is 11.8 Å². The standard InChI is InChI=1S/C24H21NO2S/c1-18-8-13-21(14-9-18)24-23(17-12-20-6-4-3-5-7-20)25(24)28(26,27)22-15-10-19(2)11-16-22/h3-11,13-16,23-24H,1-2H3/t23-,24+,25?/m0/s1. The minimum atomic E-state index is -3.61. The van der Waals surface area contributed by atoms with Gasteiger partial charge in [0.1, 0.15) is 6.04 Å². The molecule has 28 heavy (non-hydrogen) atoms. The topological polar surface area (TPSA) is 37.1 Å². The Labute approximate surface area is 166 Å². The Bertz CT molecular complexity index is 1140. The van der Waals surface area contributed by atoms with E-state index in [4.69, 9.17) is 0 Å². The number of sulfonamides is 1. The summed E-state index contributed by atoms with van der Waals surface area (Å²) in [4.78, 5) is 0.305. The Morgan fingerprint density at radius 3 is 1.96 bits per heavy atom. The van der Waals surface area contributed by atoms with Crippen LogP contribution in [0, 0.1) is 25.7 Å². The van der Waals surface area contributed by atoms with Crippen LogP contribution in [0.5, 0.6) is 0 Å². The molecule has 1 aliphatic rings. The van der Waals surface area contributed by atoms with Gasteiger partial charge in [0.15, 0.2) is 0 Å². The van der Waals surface area contributed by atoms with Crippen molar-refractivity contribution in [3.63, 3.8) is 0 Å². The number of hydrogen-bond donors (Lipinski definition) is 0. The average Bonchev–Trinajstić information content (AvgIpc) is 3.43. The van der Waals surface area contributed by atoms with Crippen molar-refractivity contribution in [2.75, 3.05) is 0 Å². The maximum Gasteiger partial charge on any atom is 0.244 e. The molecular formula is C24H21NO2S.